The van der Waals surface area contributed by atoms with Gasteiger partial charge in [-0.3, -0.25) is 5.43 Å². The number of hydrogen-bond acceptors (Lipinski definition) is 2. The number of hydrazone groups is 1. The minimum absolute atomic E-state index is 0.560. The molecule has 0 aliphatic carbocycles. The number of rotatable bonds is 4. The van der Waals surface area contributed by atoms with Crippen molar-refractivity contribution in [2.45, 2.75) is 20.3 Å². The van der Waals surface area contributed by atoms with Gasteiger partial charge in [-0.2, -0.15) is 5.10 Å². The van der Waals surface area contributed by atoms with Crippen LogP contribution in [0.2, 0.25) is 0 Å². The van der Waals surface area contributed by atoms with Crippen LogP contribution in [0.4, 0.5) is 0 Å². The van der Waals surface area contributed by atoms with Gasteiger partial charge in [0.25, 0.3) is 0 Å². The quantitative estimate of drug-likeness (QED) is 0.477. The first kappa shape index (κ1) is 12.6. The van der Waals surface area contributed by atoms with E-state index < -0.39 is 0 Å². The van der Waals surface area contributed by atoms with Crippen LogP contribution in [0.25, 0.3) is 0 Å². The van der Waals surface area contributed by atoms with Crippen LogP contribution in [0.1, 0.15) is 25.8 Å². The lowest BCUT2D eigenvalue weighted by Gasteiger charge is -2.07. The number of benzene rings is 1. The van der Waals surface area contributed by atoms with E-state index in [2.05, 4.69) is 22.8 Å². The van der Waals surface area contributed by atoms with Gasteiger partial charge in [-0.1, -0.05) is 37.3 Å². The first-order valence-corrected chi connectivity index (χ1v) is 5.84. The van der Waals surface area contributed by atoms with Crippen LogP contribution in [-0.4, -0.2) is 17.4 Å². The topological polar surface area (TPSA) is 36.4 Å². The number of nitrogens with zero attached hydrogens (tertiary/aromatic N) is 1. The molecule has 2 N–H and O–H groups in total. The molecule has 0 unspecified atom stereocenters. The maximum Gasteiger partial charge on any atom is 0.186 e. The molecule has 0 saturated carbocycles. The predicted octanol–water partition coefficient (Wildman–Crippen LogP) is 2.28. The first-order valence-electron chi connectivity index (χ1n) is 5.43. The van der Waals surface area contributed by atoms with Crippen molar-refractivity contribution in [3.05, 3.63) is 35.9 Å². The third-order valence-electron chi connectivity index (χ3n) is 2.07. The summed E-state index contributed by atoms with van der Waals surface area (Å²) in [6, 6.07) is 10.1. The van der Waals surface area contributed by atoms with Crippen LogP contribution in [0.15, 0.2) is 35.4 Å². The Kier molecular flexibility index (Phi) is 5.50. The van der Waals surface area contributed by atoms with E-state index in [1.165, 1.54) is 0 Å². The monoisotopic (exact) mass is 235 g/mol. The standard InChI is InChI=1S/C12H17N3S/c1-3-11(10-8-6-5-7-9-10)14-15-12(16)13-4-2/h5-9H,3-4H2,1-2H3,(H2,13,15,16)/b14-11-. The summed E-state index contributed by atoms with van der Waals surface area (Å²) in [6.07, 6.45) is 0.867. The van der Waals surface area contributed by atoms with Crippen molar-refractivity contribution in [2.75, 3.05) is 6.54 Å². The molecule has 0 aliphatic heterocycles. The molecule has 1 aromatic carbocycles. The lowest BCUT2D eigenvalue weighted by Crippen LogP contribution is -2.32. The summed E-state index contributed by atoms with van der Waals surface area (Å²) in [6.45, 7) is 4.87. The second-order valence-corrected chi connectivity index (χ2v) is 3.66. The van der Waals surface area contributed by atoms with Gasteiger partial charge >= 0.3 is 0 Å². The lowest BCUT2D eigenvalue weighted by atomic mass is 10.1. The van der Waals surface area contributed by atoms with Crippen molar-refractivity contribution in [1.29, 1.82) is 0 Å². The highest BCUT2D eigenvalue weighted by molar-refractivity contribution is 7.80. The molecule has 0 aliphatic rings. The fourth-order valence-electron chi connectivity index (χ4n) is 1.30. The second kappa shape index (κ2) is 6.95. The summed E-state index contributed by atoms with van der Waals surface area (Å²) in [5.74, 6) is 0. The average Bonchev–Trinajstić information content (AvgIpc) is 2.31. The van der Waals surface area contributed by atoms with Gasteiger partial charge in [0, 0.05) is 6.54 Å². The van der Waals surface area contributed by atoms with Gasteiger partial charge in [0.15, 0.2) is 5.11 Å². The van der Waals surface area contributed by atoms with Crippen molar-refractivity contribution >= 4 is 23.0 Å². The summed E-state index contributed by atoms with van der Waals surface area (Å²) in [5.41, 5.74) is 4.96. The van der Waals surface area contributed by atoms with Crippen LogP contribution in [0.5, 0.6) is 0 Å². The summed E-state index contributed by atoms with van der Waals surface area (Å²) in [5, 5.41) is 7.84. The van der Waals surface area contributed by atoms with Crippen LogP contribution < -0.4 is 10.7 Å². The van der Waals surface area contributed by atoms with Crippen molar-refractivity contribution in [1.82, 2.24) is 10.7 Å². The van der Waals surface area contributed by atoms with Crippen molar-refractivity contribution in [3.8, 4) is 0 Å². The van der Waals surface area contributed by atoms with Gasteiger partial charge in [0.05, 0.1) is 5.71 Å². The van der Waals surface area contributed by atoms with E-state index in [4.69, 9.17) is 12.2 Å². The van der Waals surface area contributed by atoms with Gasteiger partial charge in [0.1, 0.15) is 0 Å². The Morgan fingerprint density at radius 1 is 1.25 bits per heavy atom. The highest BCUT2D eigenvalue weighted by atomic mass is 32.1. The Hall–Kier alpha value is -1.42. The molecule has 0 atom stereocenters. The van der Waals surface area contributed by atoms with Gasteiger partial charge in [-0.05, 0) is 31.1 Å². The summed E-state index contributed by atoms with van der Waals surface area (Å²) in [7, 11) is 0. The fourth-order valence-corrected chi connectivity index (χ4v) is 1.49. The molecule has 1 aromatic rings. The molecule has 0 heterocycles. The van der Waals surface area contributed by atoms with E-state index in [9.17, 15) is 0 Å². The summed E-state index contributed by atoms with van der Waals surface area (Å²) in [4.78, 5) is 0. The zero-order valence-corrected chi connectivity index (χ0v) is 10.5. The van der Waals surface area contributed by atoms with E-state index >= 15 is 0 Å². The molecule has 0 radical (unpaired) electrons. The minimum Gasteiger partial charge on any atom is -0.362 e. The number of hydrogen-bond donors (Lipinski definition) is 2. The molecular weight excluding hydrogens is 218 g/mol. The van der Waals surface area contributed by atoms with Crippen LogP contribution in [-0.2, 0) is 0 Å². The smallest absolute Gasteiger partial charge is 0.186 e. The van der Waals surface area contributed by atoms with Gasteiger partial charge in [-0.15, -0.1) is 0 Å². The van der Waals surface area contributed by atoms with Crippen LogP contribution in [0, 0.1) is 0 Å². The van der Waals surface area contributed by atoms with Crippen LogP contribution >= 0.6 is 12.2 Å². The van der Waals surface area contributed by atoms with E-state index in [0.29, 0.717) is 5.11 Å². The fraction of sp³-hybridized carbons (Fsp3) is 0.333. The first-order chi connectivity index (χ1) is 7.77. The molecule has 3 nitrogen and oxygen atoms in total. The van der Waals surface area contributed by atoms with Crippen molar-refractivity contribution in [2.24, 2.45) is 5.10 Å². The third-order valence-corrected chi connectivity index (χ3v) is 2.31. The van der Waals surface area contributed by atoms with Crippen molar-refractivity contribution < 1.29 is 0 Å². The Bertz CT molecular complexity index is 360. The van der Waals surface area contributed by atoms with Gasteiger partial charge in [-0.25, -0.2) is 0 Å². The Balaban J connectivity index is 2.68. The van der Waals surface area contributed by atoms with E-state index in [0.717, 1.165) is 24.2 Å². The molecular formula is C12H17N3S. The molecule has 0 fully saturated rings. The average molecular weight is 235 g/mol. The van der Waals surface area contributed by atoms with Crippen LogP contribution in [0.3, 0.4) is 0 Å². The summed E-state index contributed by atoms with van der Waals surface area (Å²) < 4.78 is 0. The normalized spacial score (nSPS) is 11.0. The molecule has 4 heteroatoms. The third kappa shape index (κ3) is 3.98. The van der Waals surface area contributed by atoms with E-state index in [1.54, 1.807) is 0 Å². The minimum atomic E-state index is 0.560. The van der Waals surface area contributed by atoms with Crippen molar-refractivity contribution in [3.63, 3.8) is 0 Å². The Labute approximate surface area is 102 Å². The molecule has 0 bridgehead atoms. The SMILES string of the molecule is CCNC(=S)N/N=C(/CC)c1ccccc1. The number of thiocarbonyl (C=S) groups is 1. The second-order valence-electron chi connectivity index (χ2n) is 3.25. The number of nitrogens with one attached hydrogen (secondary N) is 2. The lowest BCUT2D eigenvalue weighted by molar-refractivity contribution is 0.897. The maximum absolute atomic E-state index is 5.04. The molecule has 0 amide bonds. The predicted molar refractivity (Wildman–Crippen MR) is 72.7 cm³/mol. The van der Waals surface area contributed by atoms with E-state index in [-0.39, 0.29) is 0 Å². The summed E-state index contributed by atoms with van der Waals surface area (Å²) >= 11 is 5.04. The van der Waals surface area contributed by atoms with Gasteiger partial charge < -0.3 is 5.32 Å². The highest BCUT2D eigenvalue weighted by Crippen LogP contribution is 2.03. The molecule has 16 heavy (non-hydrogen) atoms. The Morgan fingerprint density at radius 2 is 1.94 bits per heavy atom. The maximum atomic E-state index is 5.04. The molecule has 0 aromatic heterocycles. The molecule has 1 rings (SSSR count). The van der Waals surface area contributed by atoms with Gasteiger partial charge in [0.2, 0.25) is 0 Å². The zero-order chi connectivity index (χ0) is 11.8. The molecule has 86 valence electrons. The molecule has 0 saturated heterocycles. The zero-order valence-electron chi connectivity index (χ0n) is 9.66. The Morgan fingerprint density at radius 3 is 2.50 bits per heavy atom. The highest BCUT2D eigenvalue weighted by Gasteiger charge is 2.00. The largest absolute Gasteiger partial charge is 0.362 e. The van der Waals surface area contributed by atoms with E-state index in [1.807, 2.05) is 37.3 Å². The molecule has 0 spiro atoms.